The molecule has 0 aliphatic heterocycles. The van der Waals surface area contributed by atoms with Gasteiger partial charge in [0.15, 0.2) is 5.16 Å². The van der Waals surface area contributed by atoms with Crippen LogP contribution in [0.5, 0.6) is 11.5 Å². The Bertz CT molecular complexity index is 1340. The van der Waals surface area contributed by atoms with Crippen molar-refractivity contribution in [3.63, 3.8) is 0 Å². The number of hydrogen-bond donors (Lipinski definition) is 1. The van der Waals surface area contributed by atoms with Crippen LogP contribution in [-0.4, -0.2) is 34.9 Å². The zero-order valence-corrected chi connectivity index (χ0v) is 19.1. The van der Waals surface area contributed by atoms with Gasteiger partial charge in [0.05, 0.1) is 41.7 Å². The average Bonchev–Trinajstić information content (AvgIpc) is 2.84. The number of carbonyl (C=O) groups excluding carboxylic acids is 1. The number of para-hydroxylation sites is 3. The highest BCUT2D eigenvalue weighted by Gasteiger charge is 2.15. The average molecular weight is 462 g/mol. The van der Waals surface area contributed by atoms with E-state index in [2.05, 4.69) is 10.3 Å². The number of rotatable bonds is 8. The summed E-state index contributed by atoms with van der Waals surface area (Å²) in [5, 5.41) is 3.79. The van der Waals surface area contributed by atoms with Crippen molar-refractivity contribution in [3.8, 4) is 17.2 Å². The number of amides is 1. The van der Waals surface area contributed by atoms with Crippen molar-refractivity contribution in [2.75, 3.05) is 24.8 Å². The molecule has 168 valence electrons. The first-order chi connectivity index (χ1) is 16.1. The second kappa shape index (κ2) is 10.2. The van der Waals surface area contributed by atoms with Gasteiger partial charge in [0.25, 0.3) is 5.56 Å². The fourth-order valence-corrected chi connectivity index (χ4v) is 4.17. The third-order valence-electron chi connectivity index (χ3n) is 4.86. The maximum atomic E-state index is 13.3. The molecule has 0 saturated heterocycles. The van der Waals surface area contributed by atoms with Crippen LogP contribution in [0.15, 0.2) is 82.7 Å². The van der Waals surface area contributed by atoms with Crippen molar-refractivity contribution in [3.05, 3.63) is 83.2 Å². The Kier molecular flexibility index (Phi) is 6.95. The number of aromatic nitrogens is 2. The van der Waals surface area contributed by atoms with Gasteiger partial charge in [-0.15, -0.1) is 0 Å². The monoisotopic (exact) mass is 461 g/mol. The topological polar surface area (TPSA) is 82.4 Å². The summed E-state index contributed by atoms with van der Waals surface area (Å²) in [6.45, 7) is 2.47. The third-order valence-corrected chi connectivity index (χ3v) is 5.80. The molecule has 1 amide bonds. The van der Waals surface area contributed by atoms with Crippen LogP contribution < -0.4 is 20.3 Å². The molecule has 1 aromatic heterocycles. The SMILES string of the molecule is CCOc1ccc(-n2c(SCC(=O)Nc3ccccc3OC)nc3ccccc3c2=O)cc1. The minimum atomic E-state index is -0.231. The quantitative estimate of drug-likeness (QED) is 0.307. The summed E-state index contributed by atoms with van der Waals surface area (Å²) in [4.78, 5) is 30.7. The molecular formula is C25H23N3O4S. The maximum absolute atomic E-state index is 13.3. The normalized spacial score (nSPS) is 10.7. The highest BCUT2D eigenvalue weighted by Crippen LogP contribution is 2.25. The minimum absolute atomic E-state index is 0.0693. The van der Waals surface area contributed by atoms with E-state index in [-0.39, 0.29) is 17.2 Å². The molecule has 0 aliphatic carbocycles. The van der Waals surface area contributed by atoms with E-state index in [0.29, 0.717) is 45.5 Å². The number of carbonyl (C=O) groups is 1. The molecule has 0 aliphatic rings. The van der Waals surface area contributed by atoms with Crippen LogP contribution in [0.2, 0.25) is 0 Å². The standard InChI is InChI=1S/C25H23N3O4S/c1-3-32-18-14-12-17(13-15-18)28-24(30)19-8-4-5-9-20(19)27-25(28)33-16-23(29)26-21-10-6-7-11-22(21)31-2/h4-15H,3,16H2,1-2H3,(H,26,29). The number of anilines is 1. The van der Waals surface area contributed by atoms with E-state index in [4.69, 9.17) is 9.47 Å². The Morgan fingerprint density at radius 2 is 1.76 bits per heavy atom. The summed E-state index contributed by atoms with van der Waals surface area (Å²) < 4.78 is 12.3. The van der Waals surface area contributed by atoms with Gasteiger partial charge in [-0.3, -0.25) is 14.2 Å². The molecule has 0 unspecified atom stereocenters. The predicted molar refractivity (Wildman–Crippen MR) is 131 cm³/mol. The number of nitrogens with one attached hydrogen (secondary N) is 1. The lowest BCUT2D eigenvalue weighted by atomic mass is 10.2. The van der Waals surface area contributed by atoms with Crippen LogP contribution in [0.4, 0.5) is 5.69 Å². The molecule has 1 N–H and O–H groups in total. The Labute approximate surface area is 195 Å². The molecule has 3 aromatic carbocycles. The number of fused-ring (bicyclic) bond motifs is 1. The molecule has 7 nitrogen and oxygen atoms in total. The lowest BCUT2D eigenvalue weighted by Gasteiger charge is -2.14. The molecule has 0 spiro atoms. The number of hydrogen-bond acceptors (Lipinski definition) is 6. The first kappa shape index (κ1) is 22.4. The number of methoxy groups -OCH3 is 1. The largest absolute Gasteiger partial charge is 0.495 e. The van der Waals surface area contributed by atoms with Crippen molar-refractivity contribution in [2.24, 2.45) is 0 Å². The molecule has 1 heterocycles. The van der Waals surface area contributed by atoms with Gasteiger partial charge >= 0.3 is 0 Å². The molecule has 0 bridgehead atoms. The van der Waals surface area contributed by atoms with Crippen LogP contribution in [0.3, 0.4) is 0 Å². The van der Waals surface area contributed by atoms with Crippen molar-refractivity contribution in [1.82, 2.24) is 9.55 Å². The lowest BCUT2D eigenvalue weighted by molar-refractivity contribution is -0.113. The second-order valence-corrected chi connectivity index (χ2v) is 7.96. The highest BCUT2D eigenvalue weighted by atomic mass is 32.2. The number of nitrogens with zero attached hydrogens (tertiary/aromatic N) is 2. The predicted octanol–water partition coefficient (Wildman–Crippen LogP) is 4.52. The summed E-state index contributed by atoms with van der Waals surface area (Å²) in [5.74, 6) is 1.13. The zero-order chi connectivity index (χ0) is 23.2. The van der Waals surface area contributed by atoms with Gasteiger partial charge in [-0.1, -0.05) is 36.0 Å². The molecule has 0 atom stereocenters. The van der Waals surface area contributed by atoms with Gasteiger partial charge in [-0.2, -0.15) is 0 Å². The molecule has 0 fully saturated rings. The fourth-order valence-electron chi connectivity index (χ4n) is 3.36. The smallest absolute Gasteiger partial charge is 0.266 e. The van der Waals surface area contributed by atoms with E-state index in [1.807, 2.05) is 49.4 Å². The Balaban J connectivity index is 1.65. The number of thioether (sulfide) groups is 1. The molecule has 0 radical (unpaired) electrons. The van der Waals surface area contributed by atoms with Gasteiger partial charge in [0.2, 0.25) is 5.91 Å². The maximum Gasteiger partial charge on any atom is 0.266 e. The lowest BCUT2D eigenvalue weighted by Crippen LogP contribution is -2.23. The molecule has 0 saturated carbocycles. The van der Waals surface area contributed by atoms with Crippen molar-refractivity contribution in [1.29, 1.82) is 0 Å². The van der Waals surface area contributed by atoms with E-state index in [1.165, 1.54) is 16.3 Å². The zero-order valence-electron chi connectivity index (χ0n) is 18.3. The van der Waals surface area contributed by atoms with Gasteiger partial charge < -0.3 is 14.8 Å². The van der Waals surface area contributed by atoms with Gasteiger partial charge in [0, 0.05) is 0 Å². The van der Waals surface area contributed by atoms with Crippen LogP contribution in [0, 0.1) is 0 Å². The fraction of sp³-hybridized carbons (Fsp3) is 0.160. The first-order valence-corrected chi connectivity index (χ1v) is 11.4. The summed E-state index contributed by atoms with van der Waals surface area (Å²) in [6.07, 6.45) is 0. The second-order valence-electron chi connectivity index (χ2n) is 7.02. The summed E-state index contributed by atoms with van der Waals surface area (Å²) in [5.41, 5.74) is 1.62. The Hall–Kier alpha value is -3.78. The first-order valence-electron chi connectivity index (χ1n) is 10.4. The summed E-state index contributed by atoms with van der Waals surface area (Å²) >= 11 is 1.19. The Morgan fingerprint density at radius 1 is 1.03 bits per heavy atom. The minimum Gasteiger partial charge on any atom is -0.495 e. The Morgan fingerprint density at radius 3 is 2.52 bits per heavy atom. The summed E-state index contributed by atoms with van der Waals surface area (Å²) in [6, 6.07) is 21.6. The van der Waals surface area contributed by atoms with Gasteiger partial charge in [0.1, 0.15) is 11.5 Å². The van der Waals surface area contributed by atoms with Crippen LogP contribution in [-0.2, 0) is 4.79 Å². The number of benzene rings is 3. The molecular weight excluding hydrogens is 438 g/mol. The van der Waals surface area contributed by atoms with Crippen molar-refractivity contribution in [2.45, 2.75) is 12.1 Å². The molecule has 8 heteroatoms. The van der Waals surface area contributed by atoms with E-state index < -0.39 is 0 Å². The van der Waals surface area contributed by atoms with Crippen LogP contribution in [0.25, 0.3) is 16.6 Å². The van der Waals surface area contributed by atoms with Crippen molar-refractivity contribution < 1.29 is 14.3 Å². The molecule has 4 rings (SSSR count). The van der Waals surface area contributed by atoms with E-state index >= 15 is 0 Å². The third kappa shape index (κ3) is 5.01. The van der Waals surface area contributed by atoms with E-state index in [1.54, 1.807) is 37.4 Å². The summed E-state index contributed by atoms with van der Waals surface area (Å²) in [7, 11) is 1.55. The number of ether oxygens (including phenoxy) is 2. The van der Waals surface area contributed by atoms with Crippen LogP contribution in [0.1, 0.15) is 6.92 Å². The molecule has 4 aromatic rings. The van der Waals surface area contributed by atoms with Gasteiger partial charge in [-0.05, 0) is 55.5 Å². The van der Waals surface area contributed by atoms with Crippen molar-refractivity contribution >= 4 is 34.3 Å². The molecule has 33 heavy (non-hydrogen) atoms. The van der Waals surface area contributed by atoms with Crippen LogP contribution >= 0.6 is 11.8 Å². The van der Waals surface area contributed by atoms with Gasteiger partial charge in [-0.25, -0.2) is 4.98 Å². The van der Waals surface area contributed by atoms with E-state index in [9.17, 15) is 9.59 Å². The highest BCUT2D eigenvalue weighted by molar-refractivity contribution is 7.99. The van der Waals surface area contributed by atoms with E-state index in [0.717, 1.165) is 0 Å².